The molecule has 7 heteroatoms. The third-order valence-electron chi connectivity index (χ3n) is 4.40. The van der Waals surface area contributed by atoms with Crippen LogP contribution in [-0.2, 0) is 20.1 Å². The van der Waals surface area contributed by atoms with Crippen LogP contribution in [-0.4, -0.2) is 57.0 Å². The summed E-state index contributed by atoms with van der Waals surface area (Å²) in [5.74, 6) is 2.13. The minimum absolute atomic E-state index is 0.827. The Morgan fingerprint density at radius 1 is 1.21 bits per heavy atom. The molecule has 3 rings (SSSR count). The molecule has 0 bridgehead atoms. The molecule has 5 nitrogen and oxygen atoms in total. The Labute approximate surface area is 153 Å². The van der Waals surface area contributed by atoms with Crippen molar-refractivity contribution >= 4 is 23.1 Å². The number of rotatable bonds is 8. The second kappa shape index (κ2) is 8.47. The molecule has 0 amide bonds. The Hall–Kier alpha value is -0.890. The van der Waals surface area contributed by atoms with Crippen LogP contribution in [0.15, 0.2) is 17.3 Å². The highest BCUT2D eigenvalue weighted by molar-refractivity contribution is 7.99. The molecule has 2 aromatic heterocycles. The number of hydrogen-bond acceptors (Lipinski definition) is 6. The summed E-state index contributed by atoms with van der Waals surface area (Å²) in [6, 6.07) is 4.40. The highest BCUT2D eigenvalue weighted by Gasteiger charge is 2.14. The summed E-state index contributed by atoms with van der Waals surface area (Å²) < 4.78 is 2.14. The number of aromatic nitrogens is 3. The van der Waals surface area contributed by atoms with Gasteiger partial charge in [0.2, 0.25) is 0 Å². The van der Waals surface area contributed by atoms with Gasteiger partial charge in [-0.25, -0.2) is 0 Å². The van der Waals surface area contributed by atoms with E-state index in [1.165, 1.54) is 35.7 Å². The van der Waals surface area contributed by atoms with Crippen molar-refractivity contribution in [2.24, 2.45) is 7.05 Å². The van der Waals surface area contributed by atoms with E-state index in [1.807, 2.05) is 23.1 Å². The summed E-state index contributed by atoms with van der Waals surface area (Å²) in [5.41, 5.74) is 0. The zero-order valence-corrected chi connectivity index (χ0v) is 16.5. The van der Waals surface area contributed by atoms with Crippen LogP contribution in [0.4, 0.5) is 0 Å². The zero-order chi connectivity index (χ0) is 16.9. The van der Waals surface area contributed by atoms with Crippen molar-refractivity contribution in [3.05, 3.63) is 27.7 Å². The van der Waals surface area contributed by atoms with E-state index < -0.39 is 0 Å². The molecule has 0 N–H and O–H groups in total. The molecule has 0 atom stereocenters. The number of thiophene rings is 1. The summed E-state index contributed by atoms with van der Waals surface area (Å²) in [6.45, 7) is 7.62. The van der Waals surface area contributed by atoms with E-state index in [4.69, 9.17) is 0 Å². The van der Waals surface area contributed by atoms with Crippen LogP contribution in [0.25, 0.3) is 0 Å². The molecule has 1 aliphatic rings. The lowest BCUT2D eigenvalue weighted by molar-refractivity contribution is 0.308. The molecule has 0 unspecified atom stereocenters. The maximum absolute atomic E-state index is 4.39. The normalized spacial score (nSPS) is 15.7. The summed E-state index contributed by atoms with van der Waals surface area (Å²) in [7, 11) is 4.22. The van der Waals surface area contributed by atoms with E-state index in [0.717, 1.165) is 36.4 Å². The second-order valence-corrected chi connectivity index (χ2v) is 8.97. The summed E-state index contributed by atoms with van der Waals surface area (Å²) in [5, 5.41) is 9.80. The third-order valence-corrected chi connectivity index (χ3v) is 6.38. The molecule has 3 heterocycles. The van der Waals surface area contributed by atoms with Gasteiger partial charge in [0, 0.05) is 35.6 Å². The van der Waals surface area contributed by atoms with Gasteiger partial charge in [0.15, 0.2) is 5.16 Å². The minimum atomic E-state index is 0.827. The van der Waals surface area contributed by atoms with Crippen molar-refractivity contribution in [1.82, 2.24) is 24.6 Å². The number of hydrogen-bond donors (Lipinski definition) is 0. The van der Waals surface area contributed by atoms with Crippen LogP contribution in [0.2, 0.25) is 0 Å². The second-order valence-electron chi connectivity index (χ2n) is 6.54. The van der Waals surface area contributed by atoms with Crippen LogP contribution < -0.4 is 0 Å². The van der Waals surface area contributed by atoms with E-state index in [-0.39, 0.29) is 0 Å². The van der Waals surface area contributed by atoms with Gasteiger partial charge in [-0.3, -0.25) is 4.90 Å². The molecule has 0 saturated carbocycles. The third kappa shape index (κ3) is 4.81. The quantitative estimate of drug-likeness (QED) is 0.672. The predicted molar refractivity (Wildman–Crippen MR) is 102 cm³/mol. The molecule has 2 aromatic rings. The van der Waals surface area contributed by atoms with Gasteiger partial charge in [-0.1, -0.05) is 11.8 Å². The number of likely N-dealkylation sites (tertiary alicyclic amines) is 1. The summed E-state index contributed by atoms with van der Waals surface area (Å²) in [4.78, 5) is 7.61. The number of aryl methyl sites for hydroxylation is 1. The molecule has 1 aliphatic heterocycles. The van der Waals surface area contributed by atoms with Gasteiger partial charge >= 0.3 is 0 Å². The lowest BCUT2D eigenvalue weighted by atomic mass is 10.4. The highest BCUT2D eigenvalue weighted by atomic mass is 32.2. The van der Waals surface area contributed by atoms with Gasteiger partial charge in [0.25, 0.3) is 0 Å². The Morgan fingerprint density at radius 3 is 2.71 bits per heavy atom. The summed E-state index contributed by atoms with van der Waals surface area (Å²) >= 11 is 3.69. The average molecular weight is 366 g/mol. The first-order valence-electron chi connectivity index (χ1n) is 8.59. The van der Waals surface area contributed by atoms with Gasteiger partial charge in [-0.2, -0.15) is 0 Å². The van der Waals surface area contributed by atoms with Crippen LogP contribution in [0, 0.1) is 6.92 Å². The van der Waals surface area contributed by atoms with Gasteiger partial charge in [0.05, 0.1) is 6.54 Å². The standard InChI is InChI=1S/C17H27N5S2/c1-14-6-7-15(24-14)12-20(2)13-16-18-19-17(21(16)3)23-11-10-22-8-4-5-9-22/h6-7H,4-5,8-13H2,1-3H3. The number of nitrogens with zero attached hydrogens (tertiary/aromatic N) is 5. The molecule has 132 valence electrons. The van der Waals surface area contributed by atoms with Gasteiger partial charge < -0.3 is 9.47 Å². The van der Waals surface area contributed by atoms with Gasteiger partial charge in [-0.15, -0.1) is 21.5 Å². The monoisotopic (exact) mass is 365 g/mol. The maximum atomic E-state index is 4.39. The molecular formula is C17H27N5S2. The van der Waals surface area contributed by atoms with Crippen LogP contribution in [0.3, 0.4) is 0 Å². The predicted octanol–water partition coefficient (Wildman–Crippen LogP) is 3.00. The van der Waals surface area contributed by atoms with E-state index in [1.54, 1.807) is 0 Å². The van der Waals surface area contributed by atoms with Crippen LogP contribution in [0.5, 0.6) is 0 Å². The molecule has 1 saturated heterocycles. The van der Waals surface area contributed by atoms with E-state index in [2.05, 4.69) is 57.7 Å². The Kier molecular flexibility index (Phi) is 6.32. The lowest BCUT2D eigenvalue weighted by Crippen LogP contribution is -2.22. The summed E-state index contributed by atoms with van der Waals surface area (Å²) in [6.07, 6.45) is 2.71. The van der Waals surface area contributed by atoms with E-state index >= 15 is 0 Å². The van der Waals surface area contributed by atoms with Crippen molar-refractivity contribution in [2.75, 3.05) is 32.4 Å². The molecule has 0 radical (unpaired) electrons. The molecular weight excluding hydrogens is 338 g/mol. The highest BCUT2D eigenvalue weighted by Crippen LogP contribution is 2.19. The Morgan fingerprint density at radius 2 is 2.00 bits per heavy atom. The fourth-order valence-corrected chi connectivity index (χ4v) is 4.91. The van der Waals surface area contributed by atoms with Crippen molar-refractivity contribution in [3.8, 4) is 0 Å². The maximum Gasteiger partial charge on any atom is 0.191 e. The topological polar surface area (TPSA) is 37.2 Å². The first kappa shape index (κ1) is 17.9. The Balaban J connectivity index is 1.48. The van der Waals surface area contributed by atoms with Crippen LogP contribution >= 0.6 is 23.1 Å². The minimum Gasteiger partial charge on any atom is -0.308 e. The molecule has 0 spiro atoms. The SMILES string of the molecule is Cc1ccc(CN(C)Cc2nnc(SCCN3CCCC3)n2C)s1. The largest absolute Gasteiger partial charge is 0.308 e. The fourth-order valence-electron chi connectivity index (χ4n) is 3.01. The van der Waals surface area contributed by atoms with Gasteiger partial charge in [0.1, 0.15) is 5.82 Å². The molecule has 0 aliphatic carbocycles. The van der Waals surface area contributed by atoms with E-state index in [0.29, 0.717) is 0 Å². The van der Waals surface area contributed by atoms with Crippen molar-refractivity contribution < 1.29 is 0 Å². The van der Waals surface area contributed by atoms with Crippen molar-refractivity contribution in [3.63, 3.8) is 0 Å². The smallest absolute Gasteiger partial charge is 0.191 e. The van der Waals surface area contributed by atoms with Crippen LogP contribution in [0.1, 0.15) is 28.4 Å². The van der Waals surface area contributed by atoms with Crippen molar-refractivity contribution in [1.29, 1.82) is 0 Å². The molecule has 0 aromatic carbocycles. The lowest BCUT2D eigenvalue weighted by Gasteiger charge is -2.15. The van der Waals surface area contributed by atoms with E-state index in [9.17, 15) is 0 Å². The average Bonchev–Trinajstić information content (AvgIpc) is 3.26. The zero-order valence-electron chi connectivity index (χ0n) is 14.9. The van der Waals surface area contributed by atoms with Gasteiger partial charge in [-0.05, 0) is 52.0 Å². The number of thioether (sulfide) groups is 1. The molecule has 24 heavy (non-hydrogen) atoms. The van der Waals surface area contributed by atoms with Crippen molar-refractivity contribution in [2.45, 2.75) is 38.0 Å². The molecule has 1 fully saturated rings. The fraction of sp³-hybridized carbons (Fsp3) is 0.647. The Bertz CT molecular complexity index is 645. The first-order chi connectivity index (χ1) is 11.6. The first-order valence-corrected chi connectivity index (χ1v) is 10.4.